The average molecular weight is 367 g/mol. The fourth-order valence-electron chi connectivity index (χ4n) is 1.95. The van der Waals surface area contributed by atoms with Gasteiger partial charge in [-0.1, -0.05) is 41.4 Å². The summed E-state index contributed by atoms with van der Waals surface area (Å²) in [5.74, 6) is -0.354. The molecule has 0 aromatic heterocycles. The van der Waals surface area contributed by atoms with E-state index in [0.717, 1.165) is 5.56 Å². The van der Waals surface area contributed by atoms with Gasteiger partial charge in [0.15, 0.2) is 0 Å². The molecular weight excluding hydrogens is 347 g/mol. The van der Waals surface area contributed by atoms with Gasteiger partial charge in [0.25, 0.3) is 5.91 Å². The summed E-state index contributed by atoms with van der Waals surface area (Å²) in [4.78, 5) is 17.7. The Morgan fingerprint density at radius 2 is 1.75 bits per heavy atom. The van der Waals surface area contributed by atoms with E-state index in [1.54, 1.807) is 24.3 Å². The highest BCUT2D eigenvalue weighted by Gasteiger charge is 2.17. The van der Waals surface area contributed by atoms with Gasteiger partial charge >= 0.3 is 0 Å². The average Bonchev–Trinajstić information content (AvgIpc) is 2.52. The van der Waals surface area contributed by atoms with E-state index in [-0.39, 0.29) is 5.91 Å². The molecule has 1 amide bonds. The summed E-state index contributed by atoms with van der Waals surface area (Å²) >= 11 is 12.6. The second-order valence-electron chi connectivity index (χ2n) is 6.37. The molecule has 2 N–H and O–H groups in total. The minimum atomic E-state index is -0.485. The Morgan fingerprint density at radius 1 is 1.08 bits per heavy atom. The van der Waals surface area contributed by atoms with E-state index >= 15 is 0 Å². The van der Waals surface area contributed by atoms with Gasteiger partial charge < -0.3 is 5.32 Å². The number of rotatable bonds is 4. The van der Waals surface area contributed by atoms with Crippen LogP contribution in [-0.2, 0) is 4.84 Å². The van der Waals surface area contributed by atoms with E-state index in [2.05, 4.69) is 10.8 Å². The molecule has 0 bridgehead atoms. The Kier molecular flexibility index (Phi) is 5.75. The highest BCUT2D eigenvalue weighted by Crippen LogP contribution is 2.35. The maximum absolute atomic E-state index is 12.4. The van der Waals surface area contributed by atoms with E-state index in [9.17, 15) is 4.79 Å². The molecule has 0 radical (unpaired) electrons. The van der Waals surface area contributed by atoms with Crippen LogP contribution in [0.5, 0.6) is 0 Å². The van der Waals surface area contributed by atoms with Crippen LogP contribution < -0.4 is 10.8 Å². The summed E-state index contributed by atoms with van der Waals surface area (Å²) in [6.07, 6.45) is 0. The number of hydrogen-bond acceptors (Lipinski definition) is 3. The summed E-state index contributed by atoms with van der Waals surface area (Å²) in [5.41, 5.74) is 4.44. The molecule has 0 unspecified atom stereocenters. The number of halogens is 2. The summed E-state index contributed by atoms with van der Waals surface area (Å²) in [5, 5.41) is 4.14. The Labute approximate surface area is 152 Å². The van der Waals surface area contributed by atoms with Gasteiger partial charge in [-0.25, -0.2) is 5.48 Å². The van der Waals surface area contributed by atoms with E-state index in [4.69, 9.17) is 28.0 Å². The van der Waals surface area contributed by atoms with Crippen LogP contribution in [0.15, 0.2) is 36.4 Å². The molecule has 0 fully saturated rings. The molecule has 0 saturated carbocycles. The zero-order valence-corrected chi connectivity index (χ0v) is 15.5. The van der Waals surface area contributed by atoms with Crippen molar-refractivity contribution in [1.82, 2.24) is 5.48 Å². The van der Waals surface area contributed by atoms with Crippen molar-refractivity contribution in [3.05, 3.63) is 57.6 Å². The lowest BCUT2D eigenvalue weighted by Gasteiger charge is -2.20. The van der Waals surface area contributed by atoms with Gasteiger partial charge in [-0.05, 0) is 51.5 Å². The van der Waals surface area contributed by atoms with Gasteiger partial charge in [-0.3, -0.25) is 9.63 Å². The maximum Gasteiger partial charge on any atom is 0.276 e. The van der Waals surface area contributed by atoms with Crippen molar-refractivity contribution < 1.29 is 9.63 Å². The topological polar surface area (TPSA) is 50.4 Å². The SMILES string of the molecule is Cc1ccc(Cl)c(Nc2ccccc2C(=O)NOC(C)(C)C)c1Cl. The third kappa shape index (κ3) is 4.63. The Balaban J connectivity index is 2.30. The molecule has 4 nitrogen and oxygen atoms in total. The number of amides is 1. The summed E-state index contributed by atoms with van der Waals surface area (Å²) in [7, 11) is 0. The summed E-state index contributed by atoms with van der Waals surface area (Å²) in [6.45, 7) is 7.44. The van der Waals surface area contributed by atoms with Gasteiger partial charge in [0.2, 0.25) is 0 Å². The highest BCUT2D eigenvalue weighted by atomic mass is 35.5. The first-order valence-electron chi connectivity index (χ1n) is 7.48. The van der Waals surface area contributed by atoms with Crippen molar-refractivity contribution >= 4 is 40.5 Å². The number of hydroxylamine groups is 1. The van der Waals surface area contributed by atoms with Gasteiger partial charge in [-0.2, -0.15) is 0 Å². The molecule has 24 heavy (non-hydrogen) atoms. The number of carbonyl (C=O) groups excluding carboxylic acids is 1. The lowest BCUT2D eigenvalue weighted by Crippen LogP contribution is -2.33. The van der Waals surface area contributed by atoms with Crippen molar-refractivity contribution in [2.75, 3.05) is 5.32 Å². The molecule has 0 atom stereocenters. The molecule has 0 saturated heterocycles. The largest absolute Gasteiger partial charge is 0.352 e. The molecular formula is C18H20Cl2N2O2. The molecule has 2 aromatic rings. The van der Waals surface area contributed by atoms with E-state index in [1.807, 2.05) is 39.8 Å². The van der Waals surface area contributed by atoms with Crippen LogP contribution in [0.2, 0.25) is 10.0 Å². The lowest BCUT2D eigenvalue weighted by molar-refractivity contribution is -0.0589. The molecule has 2 aromatic carbocycles. The van der Waals surface area contributed by atoms with Crippen molar-refractivity contribution in [3.8, 4) is 0 Å². The monoisotopic (exact) mass is 366 g/mol. The third-order valence-corrected chi connectivity index (χ3v) is 3.97. The molecule has 2 rings (SSSR count). The zero-order chi connectivity index (χ0) is 17.9. The number of aryl methyl sites for hydroxylation is 1. The fourth-order valence-corrected chi connectivity index (χ4v) is 2.42. The molecule has 0 aliphatic rings. The number of para-hydroxylation sites is 1. The maximum atomic E-state index is 12.4. The smallest absolute Gasteiger partial charge is 0.276 e. The minimum Gasteiger partial charge on any atom is -0.352 e. The number of benzene rings is 2. The lowest BCUT2D eigenvalue weighted by atomic mass is 10.1. The molecule has 6 heteroatoms. The minimum absolute atomic E-state index is 0.354. The van der Waals surface area contributed by atoms with Crippen molar-refractivity contribution in [2.24, 2.45) is 0 Å². The predicted molar refractivity (Wildman–Crippen MR) is 99.2 cm³/mol. The molecule has 0 aliphatic carbocycles. The third-order valence-electron chi connectivity index (χ3n) is 3.17. The first-order chi connectivity index (χ1) is 11.2. The first-order valence-corrected chi connectivity index (χ1v) is 8.23. The van der Waals surface area contributed by atoms with Crippen LogP contribution in [0.4, 0.5) is 11.4 Å². The van der Waals surface area contributed by atoms with E-state index < -0.39 is 5.60 Å². The van der Waals surface area contributed by atoms with Crippen LogP contribution in [0.3, 0.4) is 0 Å². The Morgan fingerprint density at radius 3 is 2.42 bits per heavy atom. The van der Waals surface area contributed by atoms with Crippen LogP contribution in [0.1, 0.15) is 36.7 Å². The quantitative estimate of drug-likeness (QED) is 0.701. The summed E-state index contributed by atoms with van der Waals surface area (Å²) < 4.78 is 0. The molecule has 0 aliphatic heterocycles. The highest BCUT2D eigenvalue weighted by molar-refractivity contribution is 6.39. The van der Waals surface area contributed by atoms with Crippen LogP contribution in [0.25, 0.3) is 0 Å². The van der Waals surface area contributed by atoms with Crippen LogP contribution >= 0.6 is 23.2 Å². The van der Waals surface area contributed by atoms with Crippen LogP contribution in [0, 0.1) is 6.92 Å². The number of anilines is 2. The van der Waals surface area contributed by atoms with Gasteiger partial charge in [-0.15, -0.1) is 0 Å². The second kappa shape index (κ2) is 7.43. The van der Waals surface area contributed by atoms with Gasteiger partial charge in [0.1, 0.15) is 0 Å². The number of hydrogen-bond donors (Lipinski definition) is 2. The first kappa shape index (κ1) is 18.6. The van der Waals surface area contributed by atoms with Gasteiger partial charge in [0, 0.05) is 0 Å². The van der Waals surface area contributed by atoms with Crippen LogP contribution in [-0.4, -0.2) is 11.5 Å². The predicted octanol–water partition coefficient (Wildman–Crippen LogP) is 5.51. The van der Waals surface area contributed by atoms with Crippen molar-refractivity contribution in [2.45, 2.75) is 33.3 Å². The summed E-state index contributed by atoms with van der Waals surface area (Å²) in [6, 6.07) is 10.7. The molecule has 0 spiro atoms. The number of carbonyl (C=O) groups is 1. The number of nitrogens with one attached hydrogen (secondary N) is 2. The molecule has 0 heterocycles. The van der Waals surface area contributed by atoms with E-state index in [1.165, 1.54) is 0 Å². The van der Waals surface area contributed by atoms with Gasteiger partial charge in [0.05, 0.1) is 32.6 Å². The standard InChI is InChI=1S/C18H20Cl2N2O2/c1-11-9-10-13(19)16(15(11)20)21-14-8-6-5-7-12(14)17(23)22-24-18(2,3)4/h5-10,21H,1-4H3,(H,22,23). The second-order valence-corrected chi connectivity index (χ2v) is 7.15. The Bertz CT molecular complexity index is 755. The normalized spacial score (nSPS) is 11.2. The van der Waals surface area contributed by atoms with E-state index in [0.29, 0.717) is 27.0 Å². The zero-order valence-electron chi connectivity index (χ0n) is 14.0. The Hall–Kier alpha value is -1.75. The molecule has 128 valence electrons. The van der Waals surface area contributed by atoms with Crippen molar-refractivity contribution in [3.63, 3.8) is 0 Å². The van der Waals surface area contributed by atoms with Crippen molar-refractivity contribution in [1.29, 1.82) is 0 Å². The fraction of sp³-hybridized carbons (Fsp3) is 0.278.